The summed E-state index contributed by atoms with van der Waals surface area (Å²) in [5, 5.41) is 0.445. The predicted octanol–water partition coefficient (Wildman–Crippen LogP) is 4.55. The molecular weight excluding hydrogens is 363 g/mol. The first-order valence-electron chi connectivity index (χ1n) is 8.99. The van der Waals surface area contributed by atoms with E-state index in [4.69, 9.17) is 13.9 Å². The van der Waals surface area contributed by atoms with Gasteiger partial charge in [-0.3, -0.25) is 0 Å². The molecule has 0 aliphatic rings. The van der Waals surface area contributed by atoms with Crippen LogP contribution in [0.25, 0.3) is 22.1 Å². The van der Waals surface area contributed by atoms with Crippen LogP contribution >= 0.6 is 0 Å². The van der Waals surface area contributed by atoms with Gasteiger partial charge in [0, 0.05) is 17.0 Å². The van der Waals surface area contributed by atoms with E-state index in [1.165, 1.54) is 6.07 Å². The van der Waals surface area contributed by atoms with Crippen LogP contribution < -0.4 is 10.4 Å². The van der Waals surface area contributed by atoms with Crippen molar-refractivity contribution in [1.29, 1.82) is 0 Å². The van der Waals surface area contributed by atoms with E-state index in [1.54, 1.807) is 32.0 Å². The fourth-order valence-electron chi connectivity index (χ4n) is 3.10. The molecule has 0 radical (unpaired) electrons. The van der Waals surface area contributed by atoms with E-state index < -0.39 is 23.5 Å². The lowest BCUT2D eigenvalue weighted by molar-refractivity contribution is -0.150. The topological polar surface area (TPSA) is 65.7 Å². The van der Waals surface area contributed by atoms with E-state index in [0.717, 1.165) is 11.1 Å². The number of esters is 1. The number of carbonyl (C=O) groups excluding carboxylic acids is 1. The summed E-state index contributed by atoms with van der Waals surface area (Å²) in [6.45, 7) is 7.32. The summed E-state index contributed by atoms with van der Waals surface area (Å²) < 4.78 is 30.3. The monoisotopic (exact) mass is 384 g/mol. The Balaban J connectivity index is 2.10. The molecule has 0 bridgehead atoms. The molecule has 0 unspecified atom stereocenters. The van der Waals surface area contributed by atoms with Gasteiger partial charge in [0.05, 0.1) is 6.61 Å². The summed E-state index contributed by atoms with van der Waals surface area (Å²) >= 11 is 0. The maximum Gasteiger partial charge on any atom is 0.373 e. The molecule has 2 aromatic carbocycles. The van der Waals surface area contributed by atoms with Gasteiger partial charge in [0.1, 0.15) is 11.3 Å². The van der Waals surface area contributed by atoms with Crippen LogP contribution in [0.5, 0.6) is 5.75 Å². The van der Waals surface area contributed by atoms with Crippen LogP contribution in [-0.2, 0) is 9.53 Å². The lowest BCUT2D eigenvalue weighted by atomic mass is 9.96. The van der Waals surface area contributed by atoms with Crippen LogP contribution in [-0.4, -0.2) is 18.7 Å². The van der Waals surface area contributed by atoms with Gasteiger partial charge < -0.3 is 13.9 Å². The smallest absolute Gasteiger partial charge is 0.373 e. The molecule has 0 amide bonds. The SMILES string of the molecule is CCOC(=O)[C@@H](C)Oc1ccc2c(-c3ccc(C)cc3C)c(F)c(=O)oc2c1. The van der Waals surface area contributed by atoms with E-state index in [2.05, 4.69) is 0 Å². The number of hydrogen-bond acceptors (Lipinski definition) is 5. The summed E-state index contributed by atoms with van der Waals surface area (Å²) in [6, 6.07) is 10.3. The standard InChI is InChI=1S/C22H21FO5/c1-5-26-21(24)14(4)27-15-7-9-17-18(11-15)28-22(25)20(23)19(17)16-8-6-12(2)10-13(16)3/h6-11,14H,5H2,1-4H3/t14-/m1/s1. The molecule has 1 heterocycles. The molecular formula is C22H21FO5. The Hall–Kier alpha value is -3.15. The van der Waals surface area contributed by atoms with Gasteiger partial charge in [-0.15, -0.1) is 0 Å². The number of aryl methyl sites for hydroxylation is 2. The fraction of sp³-hybridized carbons (Fsp3) is 0.273. The van der Waals surface area contributed by atoms with Crippen molar-refractivity contribution in [2.45, 2.75) is 33.8 Å². The minimum absolute atomic E-state index is 0.176. The van der Waals surface area contributed by atoms with Gasteiger partial charge in [-0.05, 0) is 51.0 Å². The van der Waals surface area contributed by atoms with Crippen LogP contribution in [0, 0.1) is 19.7 Å². The molecule has 5 nitrogen and oxygen atoms in total. The Labute approximate surface area is 161 Å². The van der Waals surface area contributed by atoms with Gasteiger partial charge in [0.25, 0.3) is 0 Å². The van der Waals surface area contributed by atoms with Crippen molar-refractivity contribution >= 4 is 16.9 Å². The van der Waals surface area contributed by atoms with Crippen LogP contribution in [0.3, 0.4) is 0 Å². The number of ether oxygens (including phenoxy) is 2. The van der Waals surface area contributed by atoms with Crippen LogP contribution in [0.1, 0.15) is 25.0 Å². The predicted molar refractivity (Wildman–Crippen MR) is 104 cm³/mol. The number of carbonyl (C=O) groups is 1. The van der Waals surface area contributed by atoms with Gasteiger partial charge >= 0.3 is 11.6 Å². The molecule has 0 spiro atoms. The Kier molecular flexibility index (Phi) is 5.49. The molecule has 146 valence electrons. The van der Waals surface area contributed by atoms with Crippen molar-refractivity contribution in [2.24, 2.45) is 0 Å². The second kappa shape index (κ2) is 7.84. The first kappa shape index (κ1) is 19.6. The van der Waals surface area contributed by atoms with E-state index >= 15 is 0 Å². The molecule has 0 aliphatic heterocycles. The van der Waals surface area contributed by atoms with Crippen molar-refractivity contribution in [3.05, 3.63) is 63.8 Å². The zero-order valence-electron chi connectivity index (χ0n) is 16.2. The van der Waals surface area contributed by atoms with E-state index in [9.17, 15) is 14.0 Å². The molecule has 1 aromatic heterocycles. The zero-order valence-corrected chi connectivity index (χ0v) is 16.2. The second-order valence-electron chi connectivity index (χ2n) is 6.57. The summed E-state index contributed by atoms with van der Waals surface area (Å²) in [5.74, 6) is -1.12. The van der Waals surface area contributed by atoms with Crippen LogP contribution in [0.2, 0.25) is 0 Å². The third-order valence-electron chi connectivity index (χ3n) is 4.41. The van der Waals surface area contributed by atoms with Crippen molar-refractivity contribution < 1.29 is 23.1 Å². The highest BCUT2D eigenvalue weighted by Gasteiger charge is 2.20. The van der Waals surface area contributed by atoms with E-state index in [1.807, 2.05) is 26.0 Å². The second-order valence-corrected chi connectivity index (χ2v) is 6.57. The number of halogens is 1. The molecule has 3 aromatic rings. The van der Waals surface area contributed by atoms with Gasteiger partial charge in [-0.1, -0.05) is 23.8 Å². The highest BCUT2D eigenvalue weighted by atomic mass is 19.1. The molecule has 0 aliphatic carbocycles. The van der Waals surface area contributed by atoms with E-state index in [-0.39, 0.29) is 17.8 Å². The molecule has 0 N–H and O–H groups in total. The minimum atomic E-state index is -1.06. The van der Waals surface area contributed by atoms with Crippen molar-refractivity contribution in [1.82, 2.24) is 0 Å². The Morgan fingerprint density at radius 3 is 2.61 bits per heavy atom. The molecule has 28 heavy (non-hydrogen) atoms. The molecule has 0 saturated carbocycles. The Bertz CT molecular complexity index is 1100. The van der Waals surface area contributed by atoms with Crippen LogP contribution in [0.4, 0.5) is 4.39 Å². The highest BCUT2D eigenvalue weighted by Crippen LogP contribution is 2.34. The first-order valence-corrected chi connectivity index (χ1v) is 8.99. The maximum atomic E-state index is 14.7. The first-order chi connectivity index (χ1) is 13.3. The average Bonchev–Trinajstić information content (AvgIpc) is 2.64. The zero-order chi connectivity index (χ0) is 20.4. The largest absolute Gasteiger partial charge is 0.479 e. The Morgan fingerprint density at radius 1 is 1.18 bits per heavy atom. The average molecular weight is 384 g/mol. The van der Waals surface area contributed by atoms with Gasteiger partial charge in [0.2, 0.25) is 5.82 Å². The molecule has 1 atom stereocenters. The quantitative estimate of drug-likeness (QED) is 0.477. The third kappa shape index (κ3) is 3.76. The summed E-state index contributed by atoms with van der Waals surface area (Å²) in [6.07, 6.45) is -0.830. The van der Waals surface area contributed by atoms with E-state index in [0.29, 0.717) is 16.7 Å². The lowest BCUT2D eigenvalue weighted by Gasteiger charge is -2.15. The molecule has 3 rings (SSSR count). The van der Waals surface area contributed by atoms with Gasteiger partial charge in [-0.2, -0.15) is 4.39 Å². The third-order valence-corrected chi connectivity index (χ3v) is 4.41. The van der Waals surface area contributed by atoms with Gasteiger partial charge in [-0.25, -0.2) is 9.59 Å². The minimum Gasteiger partial charge on any atom is -0.479 e. The van der Waals surface area contributed by atoms with Crippen molar-refractivity contribution in [2.75, 3.05) is 6.61 Å². The lowest BCUT2D eigenvalue weighted by Crippen LogP contribution is -2.26. The van der Waals surface area contributed by atoms with Crippen LogP contribution in [0.15, 0.2) is 45.6 Å². The number of hydrogen-bond donors (Lipinski definition) is 0. The maximum absolute atomic E-state index is 14.7. The van der Waals surface area contributed by atoms with Crippen molar-refractivity contribution in [3.63, 3.8) is 0 Å². The fourth-order valence-corrected chi connectivity index (χ4v) is 3.10. The Morgan fingerprint density at radius 2 is 1.93 bits per heavy atom. The number of benzene rings is 2. The normalized spacial score (nSPS) is 12.0. The summed E-state index contributed by atoms with van der Waals surface area (Å²) in [4.78, 5) is 23.8. The molecule has 0 fully saturated rings. The highest BCUT2D eigenvalue weighted by molar-refractivity contribution is 5.95. The van der Waals surface area contributed by atoms with Gasteiger partial charge in [0.15, 0.2) is 6.10 Å². The molecule has 0 saturated heterocycles. The number of rotatable bonds is 5. The van der Waals surface area contributed by atoms with Crippen molar-refractivity contribution in [3.8, 4) is 16.9 Å². The summed E-state index contributed by atoms with van der Waals surface area (Å²) in [5.41, 5.74) is 1.82. The molecule has 6 heteroatoms. The summed E-state index contributed by atoms with van der Waals surface area (Å²) in [7, 11) is 0. The number of fused-ring (bicyclic) bond motifs is 1.